The summed E-state index contributed by atoms with van der Waals surface area (Å²) in [6.45, 7) is 0. The maximum Gasteiger partial charge on any atom is 0.262 e. The van der Waals surface area contributed by atoms with E-state index in [1.165, 1.54) is 66.7 Å². The second-order valence-corrected chi connectivity index (χ2v) is 12.6. The van der Waals surface area contributed by atoms with Crippen molar-refractivity contribution in [1.82, 2.24) is 0 Å². The van der Waals surface area contributed by atoms with E-state index in [-0.39, 0.29) is 27.0 Å². The summed E-state index contributed by atoms with van der Waals surface area (Å²) >= 11 is 0. The Morgan fingerprint density at radius 3 is 1.50 bits per heavy atom. The van der Waals surface area contributed by atoms with Crippen molar-refractivity contribution in [2.75, 3.05) is 20.9 Å². The van der Waals surface area contributed by atoms with Gasteiger partial charge in [-0.2, -0.15) is 0 Å². The number of primary sulfonamides is 1. The van der Waals surface area contributed by atoms with Crippen molar-refractivity contribution in [2.24, 2.45) is 5.14 Å². The van der Waals surface area contributed by atoms with Crippen LogP contribution < -0.4 is 26.1 Å². The first kappa shape index (κ1) is 25.2. The monoisotopic (exact) mass is 547 g/mol. The van der Waals surface area contributed by atoms with Crippen LogP contribution >= 0.6 is 0 Å². The fraction of sp³-hybridized carbons (Fsp3) is 0. The normalized spacial score (nSPS) is 12.4. The second-order valence-electron chi connectivity index (χ2n) is 7.77. The average Bonchev–Trinajstić information content (AvgIpc) is 2.80. The van der Waals surface area contributed by atoms with Gasteiger partial charge in [0.25, 0.3) is 20.0 Å². The Balaban J connectivity index is 1.93. The van der Waals surface area contributed by atoms with Gasteiger partial charge in [-0.1, -0.05) is 12.1 Å². The van der Waals surface area contributed by atoms with Crippen LogP contribution in [0.3, 0.4) is 0 Å². The van der Waals surface area contributed by atoms with E-state index in [1.807, 2.05) is 0 Å². The van der Waals surface area contributed by atoms with E-state index in [0.717, 1.165) is 12.1 Å². The number of anilines is 4. The van der Waals surface area contributed by atoms with E-state index in [9.17, 15) is 25.3 Å². The molecule has 0 saturated carbocycles. The molecular weight excluding hydrogens is 526 g/mol. The predicted octanol–water partition coefficient (Wildman–Crippen LogP) is 2.25. The van der Waals surface area contributed by atoms with Crippen molar-refractivity contribution in [3.63, 3.8) is 0 Å². The largest absolute Gasteiger partial charge is 0.399 e. The first-order valence-corrected chi connectivity index (χ1v) is 14.6. The molecule has 0 aliphatic heterocycles. The van der Waals surface area contributed by atoms with Gasteiger partial charge in [0.15, 0.2) is 0 Å². The molecule has 14 heteroatoms. The van der Waals surface area contributed by atoms with Crippen LogP contribution in [0.25, 0.3) is 10.8 Å². The second kappa shape index (κ2) is 8.98. The van der Waals surface area contributed by atoms with Crippen molar-refractivity contribution in [2.45, 2.75) is 14.7 Å². The molecule has 0 aromatic heterocycles. The molecule has 4 aromatic rings. The van der Waals surface area contributed by atoms with E-state index in [2.05, 4.69) is 9.44 Å². The Bertz CT molecular complexity index is 1790. The van der Waals surface area contributed by atoms with Gasteiger partial charge in [-0.25, -0.2) is 30.4 Å². The predicted molar refractivity (Wildman–Crippen MR) is 139 cm³/mol. The smallest absolute Gasteiger partial charge is 0.262 e. The van der Waals surface area contributed by atoms with E-state index in [4.69, 9.17) is 16.6 Å². The van der Waals surface area contributed by atoms with Crippen LogP contribution in [0.15, 0.2) is 93.5 Å². The van der Waals surface area contributed by atoms with Gasteiger partial charge in [0.2, 0.25) is 10.0 Å². The summed E-state index contributed by atoms with van der Waals surface area (Å²) < 4.78 is 82.2. The molecule has 0 bridgehead atoms. The minimum absolute atomic E-state index is 0.0365. The molecule has 0 fully saturated rings. The molecule has 0 radical (unpaired) electrons. The van der Waals surface area contributed by atoms with Gasteiger partial charge in [-0.3, -0.25) is 9.44 Å². The Hall–Kier alpha value is -3.85. The minimum atomic E-state index is -4.42. The lowest BCUT2D eigenvalue weighted by Gasteiger charge is -2.15. The van der Waals surface area contributed by atoms with E-state index >= 15 is 0 Å². The highest BCUT2D eigenvalue weighted by Gasteiger charge is 2.26. The first-order valence-electron chi connectivity index (χ1n) is 10.1. The summed E-state index contributed by atoms with van der Waals surface area (Å²) in [7, 11) is -13.1. The summed E-state index contributed by atoms with van der Waals surface area (Å²) in [4.78, 5) is -1.42. The van der Waals surface area contributed by atoms with Crippen molar-refractivity contribution >= 4 is 63.6 Å². The van der Waals surface area contributed by atoms with Gasteiger partial charge in [0, 0.05) is 33.5 Å². The third kappa shape index (κ3) is 5.21. The zero-order valence-electron chi connectivity index (χ0n) is 18.4. The molecular formula is C22H21N5O6S3. The maximum absolute atomic E-state index is 13.3. The lowest BCUT2D eigenvalue weighted by Crippen LogP contribution is -2.18. The number of hydrogen-bond donors (Lipinski definition) is 5. The van der Waals surface area contributed by atoms with Crippen LogP contribution in [0, 0.1) is 0 Å². The van der Waals surface area contributed by atoms with Crippen molar-refractivity contribution in [3.8, 4) is 0 Å². The van der Waals surface area contributed by atoms with Crippen LogP contribution in [-0.2, 0) is 30.1 Å². The van der Waals surface area contributed by atoms with Crippen LogP contribution in [0.1, 0.15) is 0 Å². The van der Waals surface area contributed by atoms with Gasteiger partial charge in [0.05, 0.1) is 14.7 Å². The van der Waals surface area contributed by atoms with Gasteiger partial charge < -0.3 is 11.5 Å². The third-order valence-corrected chi connectivity index (χ3v) is 8.88. The van der Waals surface area contributed by atoms with Crippen molar-refractivity contribution in [3.05, 3.63) is 78.9 Å². The summed E-state index contributed by atoms with van der Waals surface area (Å²) in [5.41, 5.74) is 12.5. The standard InChI is InChI=1S/C22H21N5O6S3/c23-14-4-8-16(9-5-14)26-35(30,31)21-3-1-2-19-20(21)12-18(34(25,28)29)13-22(19)36(32,33)27-17-10-6-15(24)7-11-17/h1-13,26-27H,23-24H2,(H2,25,28,29). The van der Waals surface area contributed by atoms with Gasteiger partial charge in [0.1, 0.15) is 0 Å². The molecule has 0 aliphatic carbocycles. The molecule has 0 spiro atoms. The fourth-order valence-corrected chi connectivity index (χ4v) is 6.66. The summed E-state index contributed by atoms with van der Waals surface area (Å²) in [6, 6.07) is 17.5. The molecule has 0 amide bonds. The lowest BCUT2D eigenvalue weighted by molar-refractivity contribution is 0.595. The van der Waals surface area contributed by atoms with E-state index < -0.39 is 39.9 Å². The Morgan fingerprint density at radius 2 is 1.03 bits per heavy atom. The topological polar surface area (TPSA) is 205 Å². The Morgan fingerprint density at radius 1 is 0.556 bits per heavy atom. The zero-order chi connectivity index (χ0) is 26.3. The van der Waals surface area contributed by atoms with E-state index in [1.54, 1.807) is 0 Å². The summed E-state index contributed by atoms with van der Waals surface area (Å²) in [5, 5.41) is 5.09. The first-order chi connectivity index (χ1) is 16.8. The quantitative estimate of drug-likeness (QED) is 0.216. The SMILES string of the molecule is Nc1ccc(NS(=O)(=O)c2cc(S(N)(=O)=O)cc3c(S(=O)(=O)Nc4ccc(N)cc4)cccc23)cc1. The third-order valence-electron chi connectivity index (χ3n) is 5.12. The Kier molecular flexibility index (Phi) is 6.30. The molecule has 0 heterocycles. The number of sulfonamides is 3. The molecule has 0 atom stereocenters. The summed E-state index contributed by atoms with van der Waals surface area (Å²) in [6.07, 6.45) is 0. The minimum Gasteiger partial charge on any atom is -0.399 e. The van der Waals surface area contributed by atoms with Crippen molar-refractivity contribution in [1.29, 1.82) is 0 Å². The number of benzene rings is 4. The highest BCUT2D eigenvalue weighted by atomic mass is 32.2. The maximum atomic E-state index is 13.3. The van der Waals surface area contributed by atoms with Crippen LogP contribution in [0.5, 0.6) is 0 Å². The number of nitrogens with one attached hydrogen (secondary N) is 2. The highest BCUT2D eigenvalue weighted by molar-refractivity contribution is 7.93. The molecule has 188 valence electrons. The van der Waals surface area contributed by atoms with Crippen LogP contribution in [0.2, 0.25) is 0 Å². The number of nitrogen functional groups attached to an aromatic ring is 2. The highest BCUT2D eigenvalue weighted by Crippen LogP contribution is 2.33. The number of hydrogen-bond acceptors (Lipinski definition) is 8. The van der Waals surface area contributed by atoms with Crippen LogP contribution in [-0.4, -0.2) is 25.3 Å². The van der Waals surface area contributed by atoms with Gasteiger partial charge in [-0.15, -0.1) is 0 Å². The molecule has 4 rings (SSSR count). The average molecular weight is 548 g/mol. The molecule has 11 nitrogen and oxygen atoms in total. The van der Waals surface area contributed by atoms with Crippen molar-refractivity contribution < 1.29 is 25.3 Å². The Labute approximate surface area is 208 Å². The molecule has 4 aromatic carbocycles. The summed E-state index contributed by atoms with van der Waals surface area (Å²) in [5.74, 6) is 0. The molecule has 36 heavy (non-hydrogen) atoms. The zero-order valence-corrected chi connectivity index (χ0v) is 20.9. The van der Waals surface area contributed by atoms with Gasteiger partial charge >= 0.3 is 0 Å². The number of nitrogens with two attached hydrogens (primary N) is 3. The lowest BCUT2D eigenvalue weighted by atomic mass is 10.1. The van der Waals surface area contributed by atoms with E-state index in [0.29, 0.717) is 11.4 Å². The number of fused-ring (bicyclic) bond motifs is 1. The van der Waals surface area contributed by atoms with Gasteiger partial charge in [-0.05, 0) is 66.7 Å². The molecule has 0 unspecified atom stereocenters. The molecule has 8 N–H and O–H groups in total. The number of rotatable bonds is 7. The molecule has 0 saturated heterocycles. The van der Waals surface area contributed by atoms with Crippen LogP contribution in [0.4, 0.5) is 22.7 Å². The fourth-order valence-electron chi connectivity index (χ4n) is 3.44. The molecule has 0 aliphatic rings.